The number of hydrogen-bond acceptors (Lipinski definition) is 3. The van der Waals surface area contributed by atoms with Gasteiger partial charge in [0.2, 0.25) is 11.8 Å². The Balaban J connectivity index is 1.82. The highest BCUT2D eigenvalue weighted by Gasteiger charge is 2.42. The fraction of sp³-hybridized carbons (Fsp3) is 0.846. The molecule has 5 N–H and O–H groups in total. The van der Waals surface area contributed by atoms with Gasteiger partial charge in [0, 0.05) is 6.04 Å². The molecule has 102 valence electrons. The normalized spacial score (nSPS) is 33.1. The van der Waals surface area contributed by atoms with Crippen LogP contribution in [0.15, 0.2) is 0 Å². The number of amides is 2. The summed E-state index contributed by atoms with van der Waals surface area (Å²) in [4.78, 5) is 22.5. The molecule has 0 aromatic heterocycles. The highest BCUT2D eigenvalue weighted by atomic mass is 16.2. The van der Waals surface area contributed by atoms with Crippen LogP contribution in [-0.2, 0) is 9.59 Å². The average Bonchev–Trinajstić information content (AvgIpc) is 2.89. The van der Waals surface area contributed by atoms with E-state index in [9.17, 15) is 9.59 Å². The predicted octanol–water partition coefficient (Wildman–Crippen LogP) is 0.130. The van der Waals surface area contributed by atoms with Crippen LogP contribution in [0.1, 0.15) is 39.0 Å². The zero-order valence-corrected chi connectivity index (χ0v) is 10.9. The van der Waals surface area contributed by atoms with E-state index >= 15 is 0 Å². The van der Waals surface area contributed by atoms with E-state index in [-0.39, 0.29) is 18.4 Å². The van der Waals surface area contributed by atoms with Gasteiger partial charge in [-0.3, -0.25) is 9.59 Å². The molecule has 2 aliphatic carbocycles. The summed E-state index contributed by atoms with van der Waals surface area (Å²) < 4.78 is 0. The van der Waals surface area contributed by atoms with Crippen LogP contribution >= 0.6 is 0 Å². The fourth-order valence-electron chi connectivity index (χ4n) is 3.65. The van der Waals surface area contributed by atoms with Gasteiger partial charge in [0.15, 0.2) is 0 Å². The van der Waals surface area contributed by atoms with E-state index in [1.54, 1.807) is 0 Å². The van der Waals surface area contributed by atoms with Gasteiger partial charge in [-0.1, -0.05) is 6.42 Å². The number of carbonyl (C=O) groups is 2. The first kappa shape index (κ1) is 13.3. The van der Waals surface area contributed by atoms with Gasteiger partial charge < -0.3 is 16.8 Å². The lowest BCUT2D eigenvalue weighted by Gasteiger charge is -2.29. The van der Waals surface area contributed by atoms with Crippen molar-refractivity contribution >= 4 is 11.8 Å². The summed E-state index contributed by atoms with van der Waals surface area (Å²) in [5.41, 5.74) is 10.7. The Hall–Kier alpha value is -1.10. The van der Waals surface area contributed by atoms with Gasteiger partial charge >= 0.3 is 0 Å². The molecule has 5 heteroatoms. The summed E-state index contributed by atoms with van der Waals surface area (Å²) >= 11 is 0. The maximum atomic E-state index is 11.8. The average molecular weight is 253 g/mol. The molecule has 0 aromatic carbocycles. The molecular weight excluding hydrogens is 230 g/mol. The third-order valence-corrected chi connectivity index (χ3v) is 4.56. The largest absolute Gasteiger partial charge is 0.370 e. The quantitative estimate of drug-likeness (QED) is 0.649. The lowest BCUT2D eigenvalue weighted by Crippen LogP contribution is -2.48. The molecule has 0 aromatic rings. The number of fused-ring (bicyclic) bond motifs is 2. The first-order chi connectivity index (χ1) is 8.47. The fourth-order valence-corrected chi connectivity index (χ4v) is 3.65. The van der Waals surface area contributed by atoms with Crippen LogP contribution in [0.2, 0.25) is 0 Å². The minimum absolute atomic E-state index is 0.0880. The summed E-state index contributed by atoms with van der Waals surface area (Å²) in [7, 11) is 0. The van der Waals surface area contributed by atoms with Crippen molar-refractivity contribution < 1.29 is 9.59 Å². The molecule has 5 atom stereocenters. The molecule has 0 saturated heterocycles. The zero-order chi connectivity index (χ0) is 13.3. The summed E-state index contributed by atoms with van der Waals surface area (Å²) in [6.07, 6.45) is 5.09. The topological polar surface area (TPSA) is 98.2 Å². The lowest BCUT2D eigenvalue weighted by molar-refractivity contribution is -0.127. The molecule has 2 bridgehead atoms. The second-order valence-electron chi connectivity index (χ2n) is 5.91. The van der Waals surface area contributed by atoms with E-state index in [1.165, 1.54) is 25.7 Å². The van der Waals surface area contributed by atoms with E-state index in [2.05, 4.69) is 5.32 Å². The Morgan fingerprint density at radius 1 is 1.33 bits per heavy atom. The van der Waals surface area contributed by atoms with E-state index in [4.69, 9.17) is 11.5 Å². The maximum absolute atomic E-state index is 11.8. The summed E-state index contributed by atoms with van der Waals surface area (Å²) in [6.45, 7) is 2.04. The molecular formula is C13H23N3O2. The van der Waals surface area contributed by atoms with Gasteiger partial charge in [-0.15, -0.1) is 0 Å². The van der Waals surface area contributed by atoms with Gasteiger partial charge in [-0.05, 0) is 43.9 Å². The number of nitrogens with one attached hydrogen (secondary N) is 1. The number of primary amides is 1. The molecule has 0 spiro atoms. The minimum Gasteiger partial charge on any atom is -0.370 e. The Morgan fingerprint density at radius 2 is 2.06 bits per heavy atom. The van der Waals surface area contributed by atoms with Crippen molar-refractivity contribution in [2.45, 2.75) is 51.1 Å². The molecule has 0 radical (unpaired) electrons. The van der Waals surface area contributed by atoms with Gasteiger partial charge in [-0.25, -0.2) is 0 Å². The van der Waals surface area contributed by atoms with Crippen molar-refractivity contribution in [3.8, 4) is 0 Å². The van der Waals surface area contributed by atoms with Crippen LogP contribution < -0.4 is 16.8 Å². The number of nitrogens with two attached hydrogens (primary N) is 2. The summed E-state index contributed by atoms with van der Waals surface area (Å²) in [5, 5.41) is 2.94. The van der Waals surface area contributed by atoms with Crippen molar-refractivity contribution in [1.29, 1.82) is 0 Å². The molecule has 2 fully saturated rings. The first-order valence-corrected chi connectivity index (χ1v) is 6.81. The molecule has 0 aliphatic heterocycles. The third-order valence-electron chi connectivity index (χ3n) is 4.56. The van der Waals surface area contributed by atoms with Crippen LogP contribution in [0.3, 0.4) is 0 Å². The highest BCUT2D eigenvalue weighted by molar-refractivity contribution is 5.87. The molecule has 2 aliphatic rings. The second-order valence-corrected chi connectivity index (χ2v) is 5.91. The molecule has 5 unspecified atom stereocenters. The number of rotatable bonds is 5. The van der Waals surface area contributed by atoms with E-state index < -0.39 is 11.9 Å². The monoisotopic (exact) mass is 253 g/mol. The Morgan fingerprint density at radius 3 is 2.56 bits per heavy atom. The van der Waals surface area contributed by atoms with Gasteiger partial charge in [-0.2, -0.15) is 0 Å². The molecule has 18 heavy (non-hydrogen) atoms. The van der Waals surface area contributed by atoms with E-state index in [1.807, 2.05) is 6.92 Å². The summed E-state index contributed by atoms with van der Waals surface area (Å²) in [6, 6.07) is -0.671. The van der Waals surface area contributed by atoms with Gasteiger partial charge in [0.05, 0.1) is 12.5 Å². The number of hydrogen-bond donors (Lipinski definition) is 3. The Bertz CT molecular complexity index is 345. The molecule has 2 saturated carbocycles. The second kappa shape index (κ2) is 5.26. The van der Waals surface area contributed by atoms with E-state index in [0.717, 1.165) is 11.8 Å². The van der Waals surface area contributed by atoms with Crippen molar-refractivity contribution in [1.82, 2.24) is 5.32 Å². The third kappa shape index (κ3) is 2.83. The van der Waals surface area contributed by atoms with Crippen LogP contribution in [0.4, 0.5) is 0 Å². The lowest BCUT2D eigenvalue weighted by atomic mass is 9.84. The minimum atomic E-state index is -0.816. The Labute approximate surface area is 108 Å². The van der Waals surface area contributed by atoms with Crippen LogP contribution in [-0.4, -0.2) is 23.9 Å². The van der Waals surface area contributed by atoms with Crippen LogP contribution in [0.25, 0.3) is 0 Å². The van der Waals surface area contributed by atoms with Crippen LogP contribution in [0.5, 0.6) is 0 Å². The SMILES string of the molecule is CC(NC(=O)C(N)CC(N)=O)C1CC2CCC1C2. The molecule has 0 heterocycles. The summed E-state index contributed by atoms with van der Waals surface area (Å²) in [5.74, 6) is 1.40. The first-order valence-electron chi connectivity index (χ1n) is 6.81. The van der Waals surface area contributed by atoms with Gasteiger partial charge in [0.25, 0.3) is 0 Å². The number of carbonyl (C=O) groups excluding carboxylic acids is 2. The van der Waals surface area contributed by atoms with Crippen molar-refractivity contribution in [3.05, 3.63) is 0 Å². The standard InChI is InChI=1S/C13H23N3O2/c1-7(10-5-8-2-3-9(10)4-8)16-13(18)11(14)6-12(15)17/h7-11H,2-6,14H2,1H3,(H2,15,17)(H,16,18). The highest BCUT2D eigenvalue weighted by Crippen LogP contribution is 2.49. The van der Waals surface area contributed by atoms with Crippen molar-refractivity contribution in [3.63, 3.8) is 0 Å². The predicted molar refractivity (Wildman–Crippen MR) is 68.3 cm³/mol. The Kier molecular flexibility index (Phi) is 3.90. The smallest absolute Gasteiger partial charge is 0.237 e. The van der Waals surface area contributed by atoms with Crippen molar-refractivity contribution in [2.24, 2.45) is 29.2 Å². The molecule has 5 nitrogen and oxygen atoms in total. The molecule has 2 amide bonds. The molecule has 2 rings (SSSR count). The van der Waals surface area contributed by atoms with Gasteiger partial charge in [0.1, 0.15) is 0 Å². The van der Waals surface area contributed by atoms with E-state index in [0.29, 0.717) is 5.92 Å². The zero-order valence-electron chi connectivity index (χ0n) is 10.9. The van der Waals surface area contributed by atoms with Crippen molar-refractivity contribution in [2.75, 3.05) is 0 Å². The van der Waals surface area contributed by atoms with Crippen LogP contribution in [0, 0.1) is 17.8 Å². The maximum Gasteiger partial charge on any atom is 0.237 e.